The van der Waals surface area contributed by atoms with Crippen molar-refractivity contribution in [2.45, 2.75) is 30.6 Å². The van der Waals surface area contributed by atoms with Crippen molar-refractivity contribution in [3.63, 3.8) is 0 Å². The van der Waals surface area contributed by atoms with Crippen molar-refractivity contribution in [2.75, 3.05) is 25.5 Å². The summed E-state index contributed by atoms with van der Waals surface area (Å²) in [6.45, 7) is 0.668. The van der Waals surface area contributed by atoms with Crippen LogP contribution in [0.3, 0.4) is 0 Å². The number of aromatic nitrogens is 3. The highest BCUT2D eigenvalue weighted by Gasteiger charge is 2.49. The molecule has 2 aromatic heterocycles. The number of nitrogens with zero attached hydrogens (tertiary/aromatic N) is 3. The summed E-state index contributed by atoms with van der Waals surface area (Å²) in [4.78, 5) is 0. The largest absolute Gasteiger partial charge is 0.496 e. The Bertz CT molecular complexity index is 1070. The quantitative estimate of drug-likeness (QED) is 0.612. The van der Waals surface area contributed by atoms with E-state index in [2.05, 4.69) is 15.0 Å². The molecule has 0 spiro atoms. The van der Waals surface area contributed by atoms with Crippen LogP contribution in [0, 0.1) is 0 Å². The molecule has 0 saturated heterocycles. The maximum atomic E-state index is 13.0. The SMILES string of the molecule is COCC1(S(=O)(=O)Nc2noc3cc(Cn4cccn4)cc(OC)c23)CCC1. The average Bonchev–Trinajstić information content (AvgIpc) is 3.27. The van der Waals surface area contributed by atoms with E-state index in [1.54, 1.807) is 16.9 Å². The summed E-state index contributed by atoms with van der Waals surface area (Å²) in [7, 11) is -0.676. The Morgan fingerprint density at radius 2 is 2.14 bits per heavy atom. The molecule has 1 saturated carbocycles. The van der Waals surface area contributed by atoms with Gasteiger partial charge < -0.3 is 14.0 Å². The normalized spacial score (nSPS) is 16.1. The average molecular weight is 406 g/mol. The first-order valence-electron chi connectivity index (χ1n) is 8.93. The Labute approximate surface area is 162 Å². The number of sulfonamides is 1. The third-order valence-electron chi connectivity index (χ3n) is 5.19. The van der Waals surface area contributed by atoms with Crippen LogP contribution in [0.5, 0.6) is 5.75 Å². The molecule has 2 heterocycles. The summed E-state index contributed by atoms with van der Waals surface area (Å²) >= 11 is 0. The molecule has 4 rings (SSSR count). The van der Waals surface area contributed by atoms with Crippen molar-refractivity contribution in [1.29, 1.82) is 0 Å². The minimum atomic E-state index is -3.71. The summed E-state index contributed by atoms with van der Waals surface area (Å²) in [6.07, 6.45) is 5.51. The monoisotopic (exact) mass is 406 g/mol. The highest BCUT2D eigenvalue weighted by molar-refractivity contribution is 7.94. The standard InChI is InChI=1S/C18H22N4O5S/c1-25-12-18(5-3-6-18)28(23,24)21-17-16-14(26-2)9-13(10-15(16)27-20-17)11-22-8-4-7-19-22/h4,7-10H,3,5-6,11-12H2,1-2H3,(H,20,21). The molecule has 1 aliphatic carbocycles. The van der Waals surface area contributed by atoms with Gasteiger partial charge in [-0.25, -0.2) is 8.42 Å². The second-order valence-electron chi connectivity index (χ2n) is 6.98. The molecule has 9 nitrogen and oxygen atoms in total. The lowest BCUT2D eigenvalue weighted by atomic mass is 9.85. The molecule has 0 radical (unpaired) electrons. The van der Waals surface area contributed by atoms with Gasteiger partial charge in [0.05, 0.1) is 20.3 Å². The topological polar surface area (TPSA) is 108 Å². The van der Waals surface area contributed by atoms with Crippen LogP contribution in [0.1, 0.15) is 24.8 Å². The summed E-state index contributed by atoms with van der Waals surface area (Å²) in [5.41, 5.74) is 1.34. The molecule has 0 amide bonds. The number of methoxy groups -OCH3 is 2. The molecule has 1 aliphatic rings. The smallest absolute Gasteiger partial charge is 0.242 e. The lowest BCUT2D eigenvalue weighted by Crippen LogP contribution is -2.51. The van der Waals surface area contributed by atoms with Crippen LogP contribution in [-0.2, 0) is 21.3 Å². The van der Waals surface area contributed by atoms with E-state index in [4.69, 9.17) is 14.0 Å². The van der Waals surface area contributed by atoms with Crippen LogP contribution < -0.4 is 9.46 Å². The van der Waals surface area contributed by atoms with E-state index in [1.165, 1.54) is 14.2 Å². The molecule has 0 atom stereocenters. The highest BCUT2D eigenvalue weighted by Crippen LogP contribution is 2.42. The molecular weight excluding hydrogens is 384 g/mol. The third-order valence-corrected chi connectivity index (χ3v) is 7.32. The minimum Gasteiger partial charge on any atom is -0.496 e. The molecule has 0 bridgehead atoms. The van der Waals surface area contributed by atoms with Crippen molar-refractivity contribution < 1.29 is 22.4 Å². The molecule has 10 heteroatoms. The van der Waals surface area contributed by atoms with Crippen molar-refractivity contribution in [2.24, 2.45) is 0 Å². The maximum Gasteiger partial charge on any atom is 0.242 e. The fourth-order valence-corrected chi connectivity index (χ4v) is 5.26. The molecule has 3 aromatic rings. The number of benzene rings is 1. The van der Waals surface area contributed by atoms with Crippen LogP contribution in [0.2, 0.25) is 0 Å². The van der Waals surface area contributed by atoms with Crippen LogP contribution in [-0.4, -0.2) is 48.9 Å². The number of hydrogen-bond acceptors (Lipinski definition) is 7. The zero-order valence-corrected chi connectivity index (χ0v) is 16.5. The van der Waals surface area contributed by atoms with Gasteiger partial charge in [-0.3, -0.25) is 9.40 Å². The van der Waals surface area contributed by atoms with Gasteiger partial charge in [0.2, 0.25) is 10.0 Å². The fraction of sp³-hybridized carbons (Fsp3) is 0.444. The zero-order chi connectivity index (χ0) is 19.8. The molecule has 1 N–H and O–H groups in total. The molecule has 0 unspecified atom stereocenters. The van der Waals surface area contributed by atoms with Crippen molar-refractivity contribution >= 4 is 26.8 Å². The Morgan fingerprint density at radius 3 is 2.75 bits per heavy atom. The van der Waals surface area contributed by atoms with Gasteiger partial charge in [-0.1, -0.05) is 5.16 Å². The molecular formula is C18H22N4O5S. The summed E-state index contributed by atoms with van der Waals surface area (Å²) in [6, 6.07) is 5.47. The van der Waals surface area contributed by atoms with Gasteiger partial charge in [-0.15, -0.1) is 0 Å². The van der Waals surface area contributed by atoms with E-state index in [0.29, 0.717) is 36.1 Å². The van der Waals surface area contributed by atoms with Crippen LogP contribution in [0.25, 0.3) is 11.0 Å². The Balaban J connectivity index is 1.69. The molecule has 1 aromatic carbocycles. The van der Waals surface area contributed by atoms with E-state index in [1.807, 2.05) is 18.3 Å². The van der Waals surface area contributed by atoms with Gasteiger partial charge >= 0.3 is 0 Å². The van der Waals surface area contributed by atoms with Crippen molar-refractivity contribution in [3.8, 4) is 5.75 Å². The number of nitrogens with one attached hydrogen (secondary N) is 1. The van der Waals surface area contributed by atoms with Gasteiger partial charge in [-0.2, -0.15) is 5.10 Å². The molecule has 150 valence electrons. The van der Waals surface area contributed by atoms with E-state index in [9.17, 15) is 8.42 Å². The van der Waals surface area contributed by atoms with Gasteiger partial charge in [-0.05, 0) is 43.0 Å². The Morgan fingerprint density at radius 1 is 1.32 bits per heavy atom. The predicted molar refractivity (Wildman–Crippen MR) is 103 cm³/mol. The van der Waals surface area contributed by atoms with Crippen molar-refractivity contribution in [3.05, 3.63) is 36.2 Å². The van der Waals surface area contributed by atoms with Crippen molar-refractivity contribution in [1.82, 2.24) is 14.9 Å². The minimum absolute atomic E-state index is 0.125. The number of anilines is 1. The van der Waals surface area contributed by atoms with E-state index >= 15 is 0 Å². The van der Waals surface area contributed by atoms with Gasteiger partial charge in [0, 0.05) is 19.5 Å². The first kappa shape index (κ1) is 18.8. The molecule has 0 aliphatic heterocycles. The first-order chi connectivity index (χ1) is 13.5. The van der Waals surface area contributed by atoms with E-state index in [0.717, 1.165) is 12.0 Å². The molecule has 1 fully saturated rings. The number of rotatable bonds is 8. The predicted octanol–water partition coefficient (Wildman–Crippen LogP) is 2.39. The Kier molecular flexibility index (Phi) is 4.76. The maximum absolute atomic E-state index is 13.0. The first-order valence-corrected chi connectivity index (χ1v) is 10.4. The molecule has 28 heavy (non-hydrogen) atoms. The number of hydrogen-bond donors (Lipinski definition) is 1. The summed E-state index contributed by atoms with van der Waals surface area (Å²) in [5.74, 6) is 0.605. The second-order valence-corrected chi connectivity index (χ2v) is 9.06. The fourth-order valence-electron chi connectivity index (χ4n) is 3.55. The lowest BCUT2D eigenvalue weighted by Gasteiger charge is -2.39. The van der Waals surface area contributed by atoms with E-state index < -0.39 is 14.8 Å². The zero-order valence-electron chi connectivity index (χ0n) is 15.7. The van der Waals surface area contributed by atoms with Crippen LogP contribution >= 0.6 is 0 Å². The number of ether oxygens (including phenoxy) is 2. The van der Waals surface area contributed by atoms with Gasteiger partial charge in [0.15, 0.2) is 11.4 Å². The van der Waals surface area contributed by atoms with Crippen LogP contribution in [0.4, 0.5) is 5.82 Å². The Hall–Kier alpha value is -2.59. The third kappa shape index (κ3) is 3.12. The van der Waals surface area contributed by atoms with Gasteiger partial charge in [0.1, 0.15) is 15.9 Å². The summed E-state index contributed by atoms with van der Waals surface area (Å²) in [5, 5.41) is 8.63. The van der Waals surface area contributed by atoms with Gasteiger partial charge in [0.25, 0.3) is 0 Å². The highest BCUT2D eigenvalue weighted by atomic mass is 32.2. The van der Waals surface area contributed by atoms with Crippen LogP contribution in [0.15, 0.2) is 35.1 Å². The lowest BCUT2D eigenvalue weighted by molar-refractivity contribution is 0.127. The van der Waals surface area contributed by atoms with E-state index in [-0.39, 0.29) is 12.4 Å². The summed E-state index contributed by atoms with van der Waals surface area (Å²) < 4.78 is 45.5. The second kappa shape index (κ2) is 7.10. The number of fused-ring (bicyclic) bond motifs is 1.